The SMILES string of the molecule is C#Cc1cccc(CC(N)CNC(=O)OC(C)(C)C)c1. The van der Waals surface area contributed by atoms with Crippen LogP contribution in [0, 0.1) is 12.3 Å². The smallest absolute Gasteiger partial charge is 0.407 e. The molecule has 108 valence electrons. The summed E-state index contributed by atoms with van der Waals surface area (Å²) in [4.78, 5) is 11.5. The number of amides is 1. The van der Waals surface area contributed by atoms with E-state index in [1.807, 2.05) is 45.0 Å². The lowest BCUT2D eigenvalue weighted by Crippen LogP contribution is -2.41. The zero-order valence-corrected chi connectivity index (χ0v) is 12.3. The molecule has 3 N–H and O–H groups in total. The topological polar surface area (TPSA) is 64.3 Å². The Bertz CT molecular complexity index is 498. The van der Waals surface area contributed by atoms with Gasteiger partial charge in [-0.05, 0) is 44.9 Å². The van der Waals surface area contributed by atoms with Crippen LogP contribution >= 0.6 is 0 Å². The largest absolute Gasteiger partial charge is 0.444 e. The van der Waals surface area contributed by atoms with E-state index in [0.29, 0.717) is 13.0 Å². The standard InChI is InChI=1S/C16H22N2O2/c1-5-12-7-6-8-13(9-12)10-14(17)11-18-15(19)20-16(2,3)4/h1,6-9,14H,10-11,17H2,2-4H3,(H,18,19). The minimum Gasteiger partial charge on any atom is -0.444 e. The van der Waals surface area contributed by atoms with Gasteiger partial charge in [0.05, 0.1) is 0 Å². The average molecular weight is 274 g/mol. The minimum absolute atomic E-state index is 0.185. The maximum Gasteiger partial charge on any atom is 0.407 e. The van der Waals surface area contributed by atoms with Crippen molar-refractivity contribution >= 4 is 6.09 Å². The van der Waals surface area contributed by atoms with Gasteiger partial charge in [0, 0.05) is 18.2 Å². The average Bonchev–Trinajstić information content (AvgIpc) is 2.34. The van der Waals surface area contributed by atoms with Crippen molar-refractivity contribution in [1.82, 2.24) is 5.32 Å². The zero-order valence-electron chi connectivity index (χ0n) is 12.3. The summed E-state index contributed by atoms with van der Waals surface area (Å²) in [5.74, 6) is 2.59. The molecule has 1 atom stereocenters. The Balaban J connectivity index is 2.42. The molecule has 0 aliphatic rings. The first kappa shape index (κ1) is 16.1. The number of hydrogen-bond donors (Lipinski definition) is 2. The number of alkyl carbamates (subject to hydrolysis) is 1. The van der Waals surface area contributed by atoms with E-state index in [9.17, 15) is 4.79 Å². The number of nitrogens with two attached hydrogens (primary N) is 1. The predicted octanol–water partition coefficient (Wildman–Crippen LogP) is 2.06. The van der Waals surface area contributed by atoms with Crippen LogP contribution in [0.2, 0.25) is 0 Å². The molecule has 0 aliphatic heterocycles. The third-order valence-corrected chi connectivity index (χ3v) is 2.50. The molecule has 0 saturated carbocycles. The van der Waals surface area contributed by atoms with E-state index in [1.165, 1.54) is 0 Å². The van der Waals surface area contributed by atoms with Crippen LogP contribution in [0.25, 0.3) is 0 Å². The lowest BCUT2D eigenvalue weighted by molar-refractivity contribution is 0.0524. The summed E-state index contributed by atoms with van der Waals surface area (Å²) in [5, 5.41) is 2.66. The summed E-state index contributed by atoms with van der Waals surface area (Å²) in [6, 6.07) is 7.48. The maximum atomic E-state index is 11.5. The van der Waals surface area contributed by atoms with Crippen molar-refractivity contribution in [1.29, 1.82) is 0 Å². The van der Waals surface area contributed by atoms with Crippen LogP contribution in [0.1, 0.15) is 31.9 Å². The monoisotopic (exact) mass is 274 g/mol. The van der Waals surface area contributed by atoms with E-state index in [2.05, 4.69) is 11.2 Å². The Hall–Kier alpha value is -1.99. The fourth-order valence-electron chi connectivity index (χ4n) is 1.69. The molecule has 1 rings (SSSR count). The quantitative estimate of drug-likeness (QED) is 0.826. The fourth-order valence-corrected chi connectivity index (χ4v) is 1.69. The molecule has 20 heavy (non-hydrogen) atoms. The highest BCUT2D eigenvalue weighted by Crippen LogP contribution is 2.07. The summed E-state index contributed by atoms with van der Waals surface area (Å²) in [6.45, 7) is 5.81. The molecule has 0 bridgehead atoms. The number of rotatable bonds is 4. The summed E-state index contributed by atoms with van der Waals surface area (Å²) in [7, 11) is 0. The van der Waals surface area contributed by atoms with Gasteiger partial charge in [0.2, 0.25) is 0 Å². The van der Waals surface area contributed by atoms with Gasteiger partial charge in [-0.25, -0.2) is 4.79 Å². The molecule has 0 heterocycles. The van der Waals surface area contributed by atoms with E-state index < -0.39 is 11.7 Å². The van der Waals surface area contributed by atoms with Gasteiger partial charge in [0.1, 0.15) is 5.60 Å². The molecule has 0 spiro atoms. The van der Waals surface area contributed by atoms with Crippen molar-refractivity contribution in [3.05, 3.63) is 35.4 Å². The zero-order chi connectivity index (χ0) is 15.2. The molecule has 4 nitrogen and oxygen atoms in total. The summed E-state index contributed by atoms with van der Waals surface area (Å²) in [6.07, 6.45) is 5.54. The van der Waals surface area contributed by atoms with Crippen molar-refractivity contribution in [3.63, 3.8) is 0 Å². The first-order valence-corrected chi connectivity index (χ1v) is 6.58. The molecule has 1 aromatic rings. The predicted molar refractivity (Wildman–Crippen MR) is 80.3 cm³/mol. The van der Waals surface area contributed by atoms with Crippen molar-refractivity contribution in [2.24, 2.45) is 5.73 Å². The number of carbonyl (C=O) groups is 1. The van der Waals surface area contributed by atoms with Crippen LogP contribution in [0.5, 0.6) is 0 Å². The molecule has 1 amide bonds. The van der Waals surface area contributed by atoms with Gasteiger partial charge in [-0.3, -0.25) is 0 Å². The summed E-state index contributed by atoms with van der Waals surface area (Å²) < 4.78 is 5.14. The van der Waals surface area contributed by atoms with E-state index in [4.69, 9.17) is 16.9 Å². The highest BCUT2D eigenvalue weighted by atomic mass is 16.6. The number of nitrogens with one attached hydrogen (secondary N) is 1. The van der Waals surface area contributed by atoms with E-state index in [0.717, 1.165) is 11.1 Å². The number of carbonyl (C=O) groups excluding carboxylic acids is 1. The fraction of sp³-hybridized carbons (Fsp3) is 0.438. The lowest BCUT2D eigenvalue weighted by atomic mass is 10.0. The third-order valence-electron chi connectivity index (χ3n) is 2.50. The Morgan fingerprint density at radius 1 is 1.50 bits per heavy atom. The van der Waals surface area contributed by atoms with Gasteiger partial charge < -0.3 is 15.8 Å². The molecule has 1 aromatic carbocycles. The van der Waals surface area contributed by atoms with Crippen molar-refractivity contribution in [2.75, 3.05) is 6.54 Å². The first-order valence-electron chi connectivity index (χ1n) is 6.58. The van der Waals surface area contributed by atoms with Crippen molar-refractivity contribution in [3.8, 4) is 12.3 Å². The van der Waals surface area contributed by atoms with E-state index >= 15 is 0 Å². The lowest BCUT2D eigenvalue weighted by Gasteiger charge is -2.20. The van der Waals surface area contributed by atoms with Gasteiger partial charge in [-0.1, -0.05) is 18.1 Å². The van der Waals surface area contributed by atoms with Gasteiger partial charge in [-0.2, -0.15) is 0 Å². The van der Waals surface area contributed by atoms with Crippen LogP contribution in [0.4, 0.5) is 4.79 Å². The summed E-state index contributed by atoms with van der Waals surface area (Å²) in [5.41, 5.74) is 7.37. The van der Waals surface area contributed by atoms with Crippen molar-refractivity contribution in [2.45, 2.75) is 38.8 Å². The molecule has 4 heteroatoms. The molecule has 1 unspecified atom stereocenters. The van der Waals surface area contributed by atoms with Crippen LogP contribution in [-0.4, -0.2) is 24.3 Å². The van der Waals surface area contributed by atoms with Gasteiger partial charge in [-0.15, -0.1) is 6.42 Å². The molecule has 0 radical (unpaired) electrons. The Kier molecular flexibility index (Phi) is 5.60. The molecule has 0 aliphatic carbocycles. The van der Waals surface area contributed by atoms with E-state index in [1.54, 1.807) is 0 Å². The molecule has 0 saturated heterocycles. The second-order valence-corrected chi connectivity index (χ2v) is 5.69. The molecular weight excluding hydrogens is 252 g/mol. The van der Waals surface area contributed by atoms with Crippen molar-refractivity contribution < 1.29 is 9.53 Å². The Labute approximate surface area is 120 Å². The van der Waals surface area contributed by atoms with Gasteiger partial charge in [0.15, 0.2) is 0 Å². The second kappa shape index (κ2) is 6.97. The van der Waals surface area contributed by atoms with Gasteiger partial charge in [0.25, 0.3) is 0 Å². The third kappa shape index (κ3) is 6.26. The molecular formula is C16H22N2O2. The first-order chi connectivity index (χ1) is 9.30. The minimum atomic E-state index is -0.505. The van der Waals surface area contributed by atoms with Crippen LogP contribution in [-0.2, 0) is 11.2 Å². The van der Waals surface area contributed by atoms with Gasteiger partial charge >= 0.3 is 6.09 Å². The number of hydrogen-bond acceptors (Lipinski definition) is 3. The van der Waals surface area contributed by atoms with E-state index in [-0.39, 0.29) is 6.04 Å². The second-order valence-electron chi connectivity index (χ2n) is 5.69. The Morgan fingerprint density at radius 3 is 2.80 bits per heavy atom. The van der Waals surface area contributed by atoms with Crippen LogP contribution in [0.15, 0.2) is 24.3 Å². The highest BCUT2D eigenvalue weighted by molar-refractivity contribution is 5.67. The number of benzene rings is 1. The van der Waals surface area contributed by atoms with Crippen LogP contribution < -0.4 is 11.1 Å². The maximum absolute atomic E-state index is 11.5. The highest BCUT2D eigenvalue weighted by Gasteiger charge is 2.16. The normalized spacial score (nSPS) is 12.3. The Morgan fingerprint density at radius 2 is 2.20 bits per heavy atom. The number of ether oxygens (including phenoxy) is 1. The van der Waals surface area contributed by atoms with Crippen LogP contribution in [0.3, 0.4) is 0 Å². The summed E-state index contributed by atoms with van der Waals surface area (Å²) >= 11 is 0. The number of terminal acetylenes is 1. The molecule has 0 fully saturated rings. The molecule has 0 aromatic heterocycles.